The van der Waals surface area contributed by atoms with E-state index in [2.05, 4.69) is 0 Å². The van der Waals surface area contributed by atoms with Crippen molar-refractivity contribution >= 4 is 12.0 Å². The topological polar surface area (TPSA) is 99.5 Å². The molecule has 1 saturated heterocycles. The zero-order valence-corrected chi connectivity index (χ0v) is 12.7. The van der Waals surface area contributed by atoms with E-state index in [1.807, 2.05) is 0 Å². The number of carboxylic acids is 1. The lowest BCUT2D eigenvalue weighted by molar-refractivity contribution is -0.142. The van der Waals surface area contributed by atoms with Gasteiger partial charge in [-0.25, -0.2) is 4.79 Å². The van der Waals surface area contributed by atoms with E-state index in [0.29, 0.717) is 6.54 Å². The number of carbonyl (C=O) groups excluding carboxylic acids is 1. The number of amides is 2. The fourth-order valence-electron chi connectivity index (χ4n) is 2.46. The van der Waals surface area contributed by atoms with Crippen molar-refractivity contribution in [2.75, 3.05) is 47.1 Å². The number of methoxy groups -OCH3 is 1. The lowest BCUT2D eigenvalue weighted by atomic mass is 10.0. The first-order valence-corrected chi connectivity index (χ1v) is 6.91. The second-order valence-corrected chi connectivity index (χ2v) is 5.11. The Balaban J connectivity index is 2.70. The molecule has 0 spiro atoms. The molecule has 1 aliphatic rings. The predicted molar refractivity (Wildman–Crippen MR) is 74.0 cm³/mol. The lowest BCUT2D eigenvalue weighted by Gasteiger charge is -2.33. The molecule has 1 rings (SSSR count). The van der Waals surface area contributed by atoms with Crippen LogP contribution in [0.4, 0.5) is 4.79 Å². The van der Waals surface area contributed by atoms with Crippen LogP contribution >= 0.6 is 0 Å². The van der Waals surface area contributed by atoms with Gasteiger partial charge < -0.3 is 29.5 Å². The van der Waals surface area contributed by atoms with E-state index in [1.54, 1.807) is 14.0 Å². The van der Waals surface area contributed by atoms with E-state index in [-0.39, 0.29) is 32.4 Å². The Labute approximate surface area is 124 Å². The Morgan fingerprint density at radius 1 is 1.43 bits per heavy atom. The second-order valence-electron chi connectivity index (χ2n) is 5.11. The predicted octanol–water partition coefficient (Wildman–Crippen LogP) is -0.533. The number of hydrogen-bond acceptors (Lipinski definition) is 5. The summed E-state index contributed by atoms with van der Waals surface area (Å²) in [6.07, 6.45) is -0.780. The van der Waals surface area contributed by atoms with Crippen molar-refractivity contribution < 1.29 is 29.3 Å². The van der Waals surface area contributed by atoms with Gasteiger partial charge in [0.05, 0.1) is 38.5 Å². The Morgan fingerprint density at radius 3 is 2.62 bits per heavy atom. The van der Waals surface area contributed by atoms with Crippen molar-refractivity contribution in [1.82, 2.24) is 9.80 Å². The third kappa shape index (κ3) is 4.55. The molecule has 2 N–H and O–H groups in total. The van der Waals surface area contributed by atoms with Gasteiger partial charge in [-0.3, -0.25) is 4.79 Å². The van der Waals surface area contributed by atoms with Crippen LogP contribution < -0.4 is 0 Å². The summed E-state index contributed by atoms with van der Waals surface area (Å²) in [5.74, 6) is -1.68. The van der Waals surface area contributed by atoms with Gasteiger partial charge in [0.25, 0.3) is 0 Å². The molecule has 8 heteroatoms. The van der Waals surface area contributed by atoms with Gasteiger partial charge >= 0.3 is 12.0 Å². The van der Waals surface area contributed by atoms with Crippen LogP contribution in [0.2, 0.25) is 0 Å². The van der Waals surface area contributed by atoms with Gasteiger partial charge in [-0.15, -0.1) is 0 Å². The zero-order valence-electron chi connectivity index (χ0n) is 12.7. The van der Waals surface area contributed by atoms with Crippen molar-refractivity contribution in [1.29, 1.82) is 0 Å². The minimum atomic E-state index is -0.967. The van der Waals surface area contributed by atoms with Crippen LogP contribution in [0.3, 0.4) is 0 Å². The molecule has 8 nitrogen and oxygen atoms in total. The third-order valence-electron chi connectivity index (χ3n) is 3.52. The number of rotatable bonds is 7. The number of nitrogens with zero attached hydrogens (tertiary/aromatic N) is 2. The van der Waals surface area contributed by atoms with Crippen LogP contribution in [0, 0.1) is 5.92 Å². The minimum Gasteiger partial charge on any atom is -0.481 e. The van der Waals surface area contributed by atoms with Gasteiger partial charge in [0, 0.05) is 20.7 Å². The summed E-state index contributed by atoms with van der Waals surface area (Å²) < 4.78 is 10.0. The maximum atomic E-state index is 12.4. The molecular weight excluding hydrogens is 280 g/mol. The summed E-state index contributed by atoms with van der Waals surface area (Å²) >= 11 is 0. The molecule has 2 amide bonds. The maximum Gasteiger partial charge on any atom is 0.320 e. The average Bonchev–Trinajstić information content (AvgIpc) is 2.89. The highest BCUT2D eigenvalue weighted by atomic mass is 16.5. The second kappa shape index (κ2) is 8.16. The Bertz CT molecular complexity index is 365. The van der Waals surface area contributed by atoms with Crippen LogP contribution in [0.1, 0.15) is 6.92 Å². The molecule has 3 unspecified atom stereocenters. The summed E-state index contributed by atoms with van der Waals surface area (Å²) in [7, 11) is 3.03. The van der Waals surface area contributed by atoms with Gasteiger partial charge in [0.1, 0.15) is 5.92 Å². The zero-order chi connectivity index (χ0) is 16.0. The molecule has 0 aromatic rings. The molecule has 1 aliphatic heterocycles. The summed E-state index contributed by atoms with van der Waals surface area (Å²) in [6, 6.07) is -0.809. The van der Waals surface area contributed by atoms with Gasteiger partial charge in [-0.1, -0.05) is 0 Å². The van der Waals surface area contributed by atoms with E-state index in [0.717, 1.165) is 0 Å². The largest absolute Gasteiger partial charge is 0.481 e. The van der Waals surface area contributed by atoms with E-state index in [9.17, 15) is 19.8 Å². The van der Waals surface area contributed by atoms with Crippen LogP contribution in [0.25, 0.3) is 0 Å². The van der Waals surface area contributed by atoms with Crippen molar-refractivity contribution in [2.45, 2.75) is 19.1 Å². The number of aliphatic hydroxyl groups excluding tert-OH is 1. The number of urea groups is 1. The molecular formula is C13H24N2O6. The molecule has 0 aromatic heterocycles. The quantitative estimate of drug-likeness (QED) is 0.656. The molecule has 21 heavy (non-hydrogen) atoms. The van der Waals surface area contributed by atoms with Crippen LogP contribution in [-0.4, -0.2) is 91.2 Å². The highest BCUT2D eigenvalue weighted by Gasteiger charge is 2.40. The first-order chi connectivity index (χ1) is 9.92. The average molecular weight is 304 g/mol. The third-order valence-corrected chi connectivity index (χ3v) is 3.52. The number of carbonyl (C=O) groups is 2. The number of aliphatic carboxylic acids is 1. The molecule has 0 aromatic carbocycles. The SMILES string of the molecule is CCN(C(=O)N(C)CC(O)COC)C1COCC1C(=O)O. The normalized spacial score (nSPS) is 22.9. The maximum absolute atomic E-state index is 12.4. The Hall–Kier alpha value is -1.38. The molecule has 3 atom stereocenters. The molecule has 1 heterocycles. The first-order valence-electron chi connectivity index (χ1n) is 6.91. The lowest BCUT2D eigenvalue weighted by Crippen LogP contribution is -2.52. The number of carboxylic acid groups (broad SMARTS) is 1. The van der Waals surface area contributed by atoms with Crippen LogP contribution in [-0.2, 0) is 14.3 Å². The van der Waals surface area contributed by atoms with Gasteiger partial charge in [-0.2, -0.15) is 0 Å². The van der Waals surface area contributed by atoms with Crippen molar-refractivity contribution in [3.63, 3.8) is 0 Å². The van der Waals surface area contributed by atoms with E-state index in [1.165, 1.54) is 16.9 Å². The number of hydrogen-bond donors (Lipinski definition) is 2. The molecule has 0 saturated carbocycles. The van der Waals surface area contributed by atoms with E-state index < -0.39 is 24.0 Å². The van der Waals surface area contributed by atoms with E-state index >= 15 is 0 Å². The van der Waals surface area contributed by atoms with Crippen LogP contribution in [0.15, 0.2) is 0 Å². The summed E-state index contributed by atoms with van der Waals surface area (Å²) in [4.78, 5) is 26.5. The molecule has 0 bridgehead atoms. The highest BCUT2D eigenvalue weighted by molar-refractivity contribution is 5.77. The minimum absolute atomic E-state index is 0.111. The van der Waals surface area contributed by atoms with Gasteiger partial charge in [-0.05, 0) is 6.92 Å². The standard InChI is InChI=1S/C13H24N2O6/c1-4-15(11-8-21-7-10(11)12(17)18)13(19)14(2)5-9(16)6-20-3/h9-11,16H,4-8H2,1-3H3,(H,17,18). The number of aliphatic hydroxyl groups is 1. The summed E-state index contributed by atoms with van der Waals surface area (Å²) in [5.41, 5.74) is 0. The smallest absolute Gasteiger partial charge is 0.320 e. The molecule has 122 valence electrons. The molecule has 0 radical (unpaired) electrons. The van der Waals surface area contributed by atoms with Crippen LogP contribution in [0.5, 0.6) is 0 Å². The van der Waals surface area contributed by atoms with Gasteiger partial charge in [0.2, 0.25) is 0 Å². The first kappa shape index (κ1) is 17.7. The fourth-order valence-corrected chi connectivity index (χ4v) is 2.46. The van der Waals surface area contributed by atoms with Crippen molar-refractivity contribution in [3.8, 4) is 0 Å². The Kier molecular flexibility index (Phi) is 6.86. The summed E-state index contributed by atoms with van der Waals surface area (Å²) in [6.45, 7) is 2.74. The fraction of sp³-hybridized carbons (Fsp3) is 0.846. The molecule has 0 aliphatic carbocycles. The number of ether oxygens (including phenoxy) is 2. The molecule has 1 fully saturated rings. The van der Waals surface area contributed by atoms with E-state index in [4.69, 9.17) is 9.47 Å². The monoisotopic (exact) mass is 304 g/mol. The van der Waals surface area contributed by atoms with Crippen molar-refractivity contribution in [3.05, 3.63) is 0 Å². The van der Waals surface area contributed by atoms with Crippen molar-refractivity contribution in [2.24, 2.45) is 5.92 Å². The van der Waals surface area contributed by atoms with Gasteiger partial charge in [0.15, 0.2) is 0 Å². The summed E-state index contributed by atoms with van der Waals surface area (Å²) in [5, 5.41) is 18.8. The Morgan fingerprint density at radius 2 is 2.10 bits per heavy atom. The highest BCUT2D eigenvalue weighted by Crippen LogP contribution is 2.21. The number of likely N-dealkylation sites (N-methyl/N-ethyl adjacent to an activating group) is 2.